The molecule has 0 saturated heterocycles. The third-order valence-electron chi connectivity index (χ3n) is 3.88. The van der Waals surface area contributed by atoms with Gasteiger partial charge in [-0.1, -0.05) is 43.2 Å². The van der Waals surface area contributed by atoms with Gasteiger partial charge < -0.3 is 10.6 Å². The third-order valence-corrected chi connectivity index (χ3v) is 3.88. The molecule has 108 valence electrons. The average molecular weight is 262 g/mol. The van der Waals surface area contributed by atoms with Gasteiger partial charge in [0, 0.05) is 6.54 Å². The Balaban J connectivity index is 2.23. The van der Waals surface area contributed by atoms with Crippen molar-refractivity contribution in [3.63, 3.8) is 0 Å². The smallest absolute Gasteiger partial charge is 0.0230 e. The first-order chi connectivity index (χ1) is 9.15. The summed E-state index contributed by atoms with van der Waals surface area (Å²) in [7, 11) is 2.21. The highest BCUT2D eigenvalue weighted by Crippen LogP contribution is 2.15. The van der Waals surface area contributed by atoms with Crippen molar-refractivity contribution in [1.29, 1.82) is 0 Å². The summed E-state index contributed by atoms with van der Waals surface area (Å²) in [5.41, 5.74) is 8.38. The normalized spacial score (nSPS) is 12.9. The summed E-state index contributed by atoms with van der Waals surface area (Å²) in [5, 5.41) is 0. The topological polar surface area (TPSA) is 29.3 Å². The first-order valence-corrected chi connectivity index (χ1v) is 7.59. The number of hydrogen-bond donors (Lipinski definition) is 1. The Hall–Kier alpha value is -0.860. The molecule has 0 saturated carbocycles. The average Bonchev–Trinajstić information content (AvgIpc) is 2.40. The lowest BCUT2D eigenvalue weighted by atomic mass is 9.96. The fourth-order valence-electron chi connectivity index (χ4n) is 2.52. The molecule has 2 nitrogen and oxygen atoms in total. The monoisotopic (exact) mass is 262 g/mol. The minimum atomic E-state index is 0.817. The van der Waals surface area contributed by atoms with E-state index in [-0.39, 0.29) is 0 Å². The molecule has 2 heteroatoms. The SMILES string of the molecule is CCC(CCN)CCCN(C)Cc1ccc(C)cc1. The fourth-order valence-corrected chi connectivity index (χ4v) is 2.52. The maximum atomic E-state index is 5.64. The summed E-state index contributed by atoms with van der Waals surface area (Å²) in [6.07, 6.45) is 5.03. The maximum Gasteiger partial charge on any atom is 0.0230 e. The zero-order chi connectivity index (χ0) is 14.1. The highest BCUT2D eigenvalue weighted by Gasteiger charge is 2.06. The van der Waals surface area contributed by atoms with Crippen LogP contribution in [0.5, 0.6) is 0 Å². The van der Waals surface area contributed by atoms with Crippen LogP contribution >= 0.6 is 0 Å². The molecular formula is C17H30N2. The maximum absolute atomic E-state index is 5.64. The van der Waals surface area contributed by atoms with Crippen molar-refractivity contribution in [1.82, 2.24) is 4.90 Å². The van der Waals surface area contributed by atoms with Gasteiger partial charge in [0.2, 0.25) is 0 Å². The van der Waals surface area contributed by atoms with Crippen LogP contribution in [0, 0.1) is 12.8 Å². The zero-order valence-electron chi connectivity index (χ0n) is 12.9. The number of nitrogens with zero attached hydrogens (tertiary/aromatic N) is 1. The van der Waals surface area contributed by atoms with Gasteiger partial charge in [-0.05, 0) is 57.8 Å². The molecule has 0 aliphatic carbocycles. The Morgan fingerprint density at radius 2 is 1.84 bits per heavy atom. The molecule has 2 N–H and O–H groups in total. The lowest BCUT2D eigenvalue weighted by Gasteiger charge is -2.19. The first kappa shape index (κ1) is 16.2. The van der Waals surface area contributed by atoms with E-state index in [0.29, 0.717) is 0 Å². The highest BCUT2D eigenvalue weighted by molar-refractivity contribution is 5.21. The van der Waals surface area contributed by atoms with E-state index < -0.39 is 0 Å². The van der Waals surface area contributed by atoms with Gasteiger partial charge in [0.05, 0.1) is 0 Å². The van der Waals surface area contributed by atoms with E-state index in [1.165, 1.54) is 43.4 Å². The summed E-state index contributed by atoms with van der Waals surface area (Å²) in [5.74, 6) is 0.817. The van der Waals surface area contributed by atoms with E-state index in [1.807, 2.05) is 0 Å². The Kier molecular flexibility index (Phi) is 7.76. The van der Waals surface area contributed by atoms with Gasteiger partial charge in [-0.15, -0.1) is 0 Å². The summed E-state index contributed by atoms with van der Waals surface area (Å²) in [6, 6.07) is 8.85. The number of nitrogens with two attached hydrogens (primary N) is 1. The molecule has 0 radical (unpaired) electrons. The molecule has 0 fully saturated rings. The zero-order valence-corrected chi connectivity index (χ0v) is 12.9. The van der Waals surface area contributed by atoms with Crippen LogP contribution in [0.2, 0.25) is 0 Å². The van der Waals surface area contributed by atoms with E-state index in [9.17, 15) is 0 Å². The molecule has 0 aliphatic rings. The highest BCUT2D eigenvalue weighted by atomic mass is 15.1. The van der Waals surface area contributed by atoms with E-state index in [0.717, 1.165) is 19.0 Å². The van der Waals surface area contributed by atoms with E-state index >= 15 is 0 Å². The fraction of sp³-hybridized carbons (Fsp3) is 0.647. The second-order valence-corrected chi connectivity index (χ2v) is 5.72. The predicted molar refractivity (Wildman–Crippen MR) is 84.2 cm³/mol. The van der Waals surface area contributed by atoms with Gasteiger partial charge in [-0.2, -0.15) is 0 Å². The van der Waals surface area contributed by atoms with Gasteiger partial charge in [0.25, 0.3) is 0 Å². The lowest BCUT2D eigenvalue weighted by molar-refractivity contribution is 0.300. The van der Waals surface area contributed by atoms with Crippen molar-refractivity contribution in [2.24, 2.45) is 11.7 Å². The van der Waals surface area contributed by atoms with Crippen LogP contribution in [-0.4, -0.2) is 25.0 Å². The quantitative estimate of drug-likeness (QED) is 0.737. The standard InChI is InChI=1S/C17H30N2/c1-4-16(11-12-18)6-5-13-19(3)14-17-9-7-15(2)8-10-17/h7-10,16H,4-6,11-14,18H2,1-3H3. The summed E-state index contributed by atoms with van der Waals surface area (Å²) in [6.45, 7) is 7.47. The minimum absolute atomic E-state index is 0.817. The second kappa shape index (κ2) is 9.11. The molecule has 1 rings (SSSR count). The van der Waals surface area contributed by atoms with Crippen molar-refractivity contribution < 1.29 is 0 Å². The predicted octanol–water partition coefficient (Wildman–Crippen LogP) is 3.58. The van der Waals surface area contributed by atoms with Gasteiger partial charge in [0.15, 0.2) is 0 Å². The van der Waals surface area contributed by atoms with Gasteiger partial charge in [-0.3, -0.25) is 0 Å². The minimum Gasteiger partial charge on any atom is -0.330 e. The summed E-state index contributed by atoms with van der Waals surface area (Å²) >= 11 is 0. The van der Waals surface area contributed by atoms with Crippen LogP contribution in [0.1, 0.15) is 43.7 Å². The van der Waals surface area contributed by atoms with Gasteiger partial charge in [-0.25, -0.2) is 0 Å². The molecule has 1 aromatic carbocycles. The van der Waals surface area contributed by atoms with Crippen LogP contribution in [0.4, 0.5) is 0 Å². The molecule has 1 unspecified atom stereocenters. The van der Waals surface area contributed by atoms with Crippen LogP contribution in [0.3, 0.4) is 0 Å². The van der Waals surface area contributed by atoms with Crippen LogP contribution in [0.25, 0.3) is 0 Å². The van der Waals surface area contributed by atoms with Crippen LogP contribution in [-0.2, 0) is 6.54 Å². The lowest BCUT2D eigenvalue weighted by Crippen LogP contribution is -2.20. The number of aryl methyl sites for hydroxylation is 1. The van der Waals surface area contributed by atoms with Crippen molar-refractivity contribution in [2.45, 2.75) is 46.1 Å². The number of hydrogen-bond acceptors (Lipinski definition) is 2. The van der Waals surface area contributed by atoms with Crippen molar-refractivity contribution in [3.8, 4) is 0 Å². The molecule has 19 heavy (non-hydrogen) atoms. The summed E-state index contributed by atoms with van der Waals surface area (Å²) in [4.78, 5) is 2.42. The molecular weight excluding hydrogens is 232 g/mol. The molecule has 0 aliphatic heterocycles. The van der Waals surface area contributed by atoms with Gasteiger partial charge >= 0.3 is 0 Å². The molecule has 1 aromatic rings. The molecule has 0 amide bonds. The molecule has 0 spiro atoms. The molecule has 0 heterocycles. The van der Waals surface area contributed by atoms with Crippen LogP contribution in [0.15, 0.2) is 24.3 Å². The Labute approximate surface area is 119 Å². The Morgan fingerprint density at radius 1 is 1.16 bits per heavy atom. The molecule has 0 aromatic heterocycles. The van der Waals surface area contributed by atoms with E-state index in [1.54, 1.807) is 0 Å². The summed E-state index contributed by atoms with van der Waals surface area (Å²) < 4.78 is 0. The van der Waals surface area contributed by atoms with Crippen molar-refractivity contribution >= 4 is 0 Å². The number of benzene rings is 1. The van der Waals surface area contributed by atoms with Gasteiger partial charge in [0.1, 0.15) is 0 Å². The number of rotatable bonds is 9. The van der Waals surface area contributed by atoms with Crippen molar-refractivity contribution in [3.05, 3.63) is 35.4 Å². The van der Waals surface area contributed by atoms with Crippen LogP contribution < -0.4 is 5.73 Å². The largest absolute Gasteiger partial charge is 0.330 e. The van der Waals surface area contributed by atoms with Crippen molar-refractivity contribution in [2.75, 3.05) is 20.1 Å². The second-order valence-electron chi connectivity index (χ2n) is 5.72. The van der Waals surface area contributed by atoms with E-state index in [2.05, 4.69) is 50.1 Å². The first-order valence-electron chi connectivity index (χ1n) is 7.59. The van der Waals surface area contributed by atoms with E-state index in [4.69, 9.17) is 5.73 Å². The Bertz CT molecular complexity index is 332. The molecule has 0 bridgehead atoms. The molecule has 1 atom stereocenters. The third kappa shape index (κ3) is 6.74. The Morgan fingerprint density at radius 3 is 2.42 bits per heavy atom.